The molecule has 0 fully saturated rings. The molecule has 2 aromatic heterocycles. The van der Waals surface area contributed by atoms with Gasteiger partial charge in [-0.25, -0.2) is 9.98 Å². The van der Waals surface area contributed by atoms with Crippen molar-refractivity contribution in [3.63, 3.8) is 0 Å². The number of alkyl halides is 3. The molecule has 1 aliphatic heterocycles. The van der Waals surface area contributed by atoms with Gasteiger partial charge in [0, 0.05) is 23.9 Å². The molecule has 0 radical (unpaired) electrons. The smallest absolute Gasteiger partial charge is 0.396 e. The van der Waals surface area contributed by atoms with Gasteiger partial charge in [-0.2, -0.15) is 13.2 Å². The van der Waals surface area contributed by atoms with Crippen molar-refractivity contribution in [2.75, 3.05) is 6.61 Å². The van der Waals surface area contributed by atoms with Crippen molar-refractivity contribution in [3.05, 3.63) is 45.5 Å². The highest BCUT2D eigenvalue weighted by Gasteiger charge is 2.36. The number of H-pyrrole nitrogens is 2. The van der Waals surface area contributed by atoms with E-state index in [0.29, 0.717) is 41.9 Å². The fourth-order valence-electron chi connectivity index (χ4n) is 2.67. The number of aliphatic imine (C=N–C) groups is 1. The summed E-state index contributed by atoms with van der Waals surface area (Å²) in [6.07, 6.45) is -0.308. The standard InChI is InChI=1S/C16H15F3N4O2/c17-16(18,19)13-11(15(25)23-22-13)8-10-9-4-3-6-20-14(9)21-12(10)5-1-2-7-24/h3-4,6,8,24H,1-2,5,7H2,(H2,22,23,25). The maximum Gasteiger partial charge on any atom is 0.433 e. The number of pyridine rings is 1. The second kappa shape index (κ2) is 6.67. The first-order chi connectivity index (χ1) is 11.9. The zero-order valence-electron chi connectivity index (χ0n) is 13.0. The number of hydrogen-bond acceptors (Lipinski definition) is 4. The zero-order valence-corrected chi connectivity index (χ0v) is 13.0. The largest absolute Gasteiger partial charge is 0.433 e. The van der Waals surface area contributed by atoms with Gasteiger partial charge in [-0.15, -0.1) is 0 Å². The SMILES string of the molecule is O=c1[nH][nH]c(C(F)(F)F)c1C=C1C(CCCCO)=Nc2ncccc21. The van der Waals surface area contributed by atoms with Crippen LogP contribution in [0.4, 0.5) is 19.0 Å². The quantitative estimate of drug-likeness (QED) is 0.722. The minimum atomic E-state index is -4.68. The number of allylic oxidation sites excluding steroid dienone is 1. The number of aromatic nitrogens is 3. The molecular weight excluding hydrogens is 337 g/mol. The monoisotopic (exact) mass is 352 g/mol. The molecule has 3 heterocycles. The molecule has 6 nitrogen and oxygen atoms in total. The summed E-state index contributed by atoms with van der Waals surface area (Å²) >= 11 is 0. The van der Waals surface area contributed by atoms with E-state index in [2.05, 4.69) is 9.98 Å². The Morgan fingerprint density at radius 3 is 2.76 bits per heavy atom. The van der Waals surface area contributed by atoms with E-state index in [1.165, 1.54) is 6.08 Å². The minimum absolute atomic E-state index is 0.0211. The number of halogens is 3. The minimum Gasteiger partial charge on any atom is -0.396 e. The van der Waals surface area contributed by atoms with Gasteiger partial charge in [-0.05, 0) is 37.5 Å². The van der Waals surface area contributed by atoms with Crippen LogP contribution in [0.15, 0.2) is 28.1 Å². The lowest BCUT2D eigenvalue weighted by atomic mass is 9.98. The third kappa shape index (κ3) is 3.41. The van der Waals surface area contributed by atoms with Gasteiger partial charge in [0.2, 0.25) is 0 Å². The van der Waals surface area contributed by atoms with Crippen molar-refractivity contribution in [1.82, 2.24) is 15.2 Å². The molecule has 0 saturated heterocycles. The normalized spacial score (nSPS) is 15.5. The van der Waals surface area contributed by atoms with E-state index in [0.717, 1.165) is 0 Å². The summed E-state index contributed by atoms with van der Waals surface area (Å²) in [5, 5.41) is 12.8. The predicted molar refractivity (Wildman–Crippen MR) is 86.6 cm³/mol. The van der Waals surface area contributed by atoms with Crippen molar-refractivity contribution >= 4 is 23.2 Å². The van der Waals surface area contributed by atoms with Crippen LogP contribution in [0.2, 0.25) is 0 Å². The maximum absolute atomic E-state index is 13.1. The van der Waals surface area contributed by atoms with Crippen molar-refractivity contribution in [1.29, 1.82) is 0 Å². The third-order valence-electron chi connectivity index (χ3n) is 3.84. The van der Waals surface area contributed by atoms with Crippen molar-refractivity contribution in [2.24, 2.45) is 4.99 Å². The van der Waals surface area contributed by atoms with Crippen LogP contribution < -0.4 is 5.56 Å². The molecule has 0 amide bonds. The molecule has 0 saturated carbocycles. The fourth-order valence-corrected chi connectivity index (χ4v) is 2.67. The molecule has 0 aromatic carbocycles. The molecule has 0 bridgehead atoms. The van der Waals surface area contributed by atoms with Crippen LogP contribution in [-0.2, 0) is 6.18 Å². The molecule has 0 aliphatic carbocycles. The van der Waals surface area contributed by atoms with E-state index in [-0.39, 0.29) is 6.61 Å². The zero-order chi connectivity index (χ0) is 18.0. The lowest BCUT2D eigenvalue weighted by Crippen LogP contribution is -2.11. The van der Waals surface area contributed by atoms with Gasteiger partial charge in [0.15, 0.2) is 5.82 Å². The Morgan fingerprint density at radius 1 is 1.24 bits per heavy atom. The van der Waals surface area contributed by atoms with Gasteiger partial charge in [0.25, 0.3) is 5.56 Å². The number of aliphatic hydroxyl groups is 1. The topological polar surface area (TPSA) is 94.1 Å². The number of nitrogens with one attached hydrogen (secondary N) is 2. The summed E-state index contributed by atoms with van der Waals surface area (Å²) in [5.41, 5.74) is -0.902. The number of aromatic amines is 2. The Kier molecular flexibility index (Phi) is 4.58. The van der Waals surface area contributed by atoms with Crippen LogP contribution in [-0.4, -0.2) is 32.6 Å². The molecular formula is C16H15F3N4O2. The van der Waals surface area contributed by atoms with E-state index >= 15 is 0 Å². The number of nitrogens with zero attached hydrogens (tertiary/aromatic N) is 2. The molecule has 132 valence electrons. The lowest BCUT2D eigenvalue weighted by molar-refractivity contribution is -0.141. The molecule has 0 spiro atoms. The highest BCUT2D eigenvalue weighted by Crippen LogP contribution is 2.37. The van der Waals surface area contributed by atoms with Crippen molar-refractivity contribution in [2.45, 2.75) is 25.4 Å². The maximum atomic E-state index is 13.1. The highest BCUT2D eigenvalue weighted by molar-refractivity contribution is 6.32. The summed E-state index contributed by atoms with van der Waals surface area (Å²) < 4.78 is 39.3. The summed E-state index contributed by atoms with van der Waals surface area (Å²) in [4.78, 5) is 20.3. The number of rotatable bonds is 5. The second-order valence-corrected chi connectivity index (χ2v) is 5.54. The summed E-state index contributed by atoms with van der Waals surface area (Å²) in [6, 6.07) is 3.36. The van der Waals surface area contributed by atoms with Crippen LogP contribution in [0.5, 0.6) is 0 Å². The average molecular weight is 352 g/mol. The van der Waals surface area contributed by atoms with E-state index in [1.54, 1.807) is 18.3 Å². The van der Waals surface area contributed by atoms with Gasteiger partial charge in [0.1, 0.15) is 5.69 Å². The fraction of sp³-hybridized carbons (Fsp3) is 0.312. The number of fused-ring (bicyclic) bond motifs is 1. The van der Waals surface area contributed by atoms with E-state index < -0.39 is 23.0 Å². The third-order valence-corrected chi connectivity index (χ3v) is 3.84. The van der Waals surface area contributed by atoms with Gasteiger partial charge >= 0.3 is 6.18 Å². The van der Waals surface area contributed by atoms with Gasteiger partial charge in [0.05, 0.1) is 11.3 Å². The Bertz CT molecular complexity index is 893. The summed E-state index contributed by atoms with van der Waals surface area (Å²) in [6.45, 7) is 0.0211. The number of aliphatic hydroxyl groups excluding tert-OH is 1. The predicted octanol–water partition coefficient (Wildman–Crippen LogP) is 2.91. The van der Waals surface area contributed by atoms with Crippen molar-refractivity contribution in [3.8, 4) is 0 Å². The number of unbranched alkanes of at least 4 members (excludes halogenated alkanes) is 1. The molecule has 0 unspecified atom stereocenters. The Balaban J connectivity index is 2.07. The summed E-state index contributed by atoms with van der Waals surface area (Å²) in [7, 11) is 0. The molecule has 3 rings (SSSR count). The van der Waals surface area contributed by atoms with Crippen LogP contribution in [0.3, 0.4) is 0 Å². The van der Waals surface area contributed by atoms with Crippen molar-refractivity contribution < 1.29 is 18.3 Å². The second-order valence-electron chi connectivity index (χ2n) is 5.54. The van der Waals surface area contributed by atoms with Gasteiger partial charge in [-0.1, -0.05) is 0 Å². The lowest BCUT2D eigenvalue weighted by Gasteiger charge is -2.07. The molecule has 25 heavy (non-hydrogen) atoms. The van der Waals surface area contributed by atoms with Crippen LogP contribution in [0.25, 0.3) is 11.6 Å². The first kappa shape index (κ1) is 17.2. The highest BCUT2D eigenvalue weighted by atomic mass is 19.4. The molecule has 9 heteroatoms. The molecule has 2 aromatic rings. The van der Waals surface area contributed by atoms with Crippen LogP contribution >= 0.6 is 0 Å². The molecule has 1 aliphatic rings. The first-order valence-electron chi connectivity index (χ1n) is 7.65. The molecule has 3 N–H and O–H groups in total. The Hall–Kier alpha value is -2.68. The van der Waals surface area contributed by atoms with E-state index in [4.69, 9.17) is 5.11 Å². The first-order valence-corrected chi connectivity index (χ1v) is 7.65. The van der Waals surface area contributed by atoms with Crippen LogP contribution in [0.1, 0.15) is 36.1 Å². The van der Waals surface area contributed by atoms with Gasteiger partial charge in [-0.3, -0.25) is 15.0 Å². The number of hydrogen-bond donors (Lipinski definition) is 3. The Morgan fingerprint density at radius 2 is 2.04 bits per heavy atom. The average Bonchev–Trinajstić information content (AvgIpc) is 3.10. The molecule has 0 atom stereocenters. The summed E-state index contributed by atoms with van der Waals surface area (Å²) in [5.74, 6) is 0.410. The van der Waals surface area contributed by atoms with E-state index in [1.807, 2.05) is 10.2 Å². The van der Waals surface area contributed by atoms with Gasteiger partial charge < -0.3 is 5.11 Å². The Labute approximate surface area is 140 Å². The van der Waals surface area contributed by atoms with E-state index in [9.17, 15) is 18.0 Å². The van der Waals surface area contributed by atoms with Crippen LogP contribution in [0, 0.1) is 0 Å².